The zero-order valence-corrected chi connectivity index (χ0v) is 11.3. The van der Waals surface area contributed by atoms with Crippen molar-refractivity contribution in [2.75, 3.05) is 31.5 Å². The quantitative estimate of drug-likeness (QED) is 0.828. The van der Waals surface area contributed by atoms with Crippen molar-refractivity contribution >= 4 is 5.82 Å². The third-order valence-electron chi connectivity index (χ3n) is 2.82. The maximum absolute atomic E-state index is 12.7. The van der Waals surface area contributed by atoms with Gasteiger partial charge in [0.15, 0.2) is 0 Å². The summed E-state index contributed by atoms with van der Waals surface area (Å²) in [6, 6.07) is 2.34. The van der Waals surface area contributed by atoms with E-state index in [9.17, 15) is 13.2 Å². The Morgan fingerprint density at radius 3 is 2.58 bits per heavy atom. The summed E-state index contributed by atoms with van der Waals surface area (Å²) in [7, 11) is 0. The van der Waals surface area contributed by atoms with Crippen LogP contribution in [0.15, 0.2) is 18.3 Å². The molecule has 19 heavy (non-hydrogen) atoms. The van der Waals surface area contributed by atoms with Gasteiger partial charge < -0.3 is 10.2 Å². The van der Waals surface area contributed by atoms with E-state index in [1.807, 2.05) is 6.92 Å². The lowest BCUT2D eigenvalue weighted by molar-refractivity contribution is -0.137. The monoisotopic (exact) mass is 275 g/mol. The van der Waals surface area contributed by atoms with E-state index in [-0.39, 0.29) is 5.82 Å². The van der Waals surface area contributed by atoms with Gasteiger partial charge >= 0.3 is 6.18 Å². The van der Waals surface area contributed by atoms with Gasteiger partial charge in [0.1, 0.15) is 5.82 Å². The first-order chi connectivity index (χ1) is 8.99. The lowest BCUT2D eigenvalue weighted by Gasteiger charge is -2.20. The van der Waals surface area contributed by atoms with Gasteiger partial charge in [-0.1, -0.05) is 13.8 Å². The van der Waals surface area contributed by atoms with E-state index in [1.165, 1.54) is 12.3 Å². The summed E-state index contributed by atoms with van der Waals surface area (Å²) < 4.78 is 38.2. The van der Waals surface area contributed by atoms with Gasteiger partial charge in [0, 0.05) is 19.3 Å². The topological polar surface area (TPSA) is 28.2 Å². The number of nitrogens with one attached hydrogen (secondary N) is 1. The molecule has 1 heterocycles. The first-order valence-corrected chi connectivity index (χ1v) is 6.47. The molecule has 108 valence electrons. The van der Waals surface area contributed by atoms with E-state index in [0.717, 1.165) is 25.6 Å². The Kier molecular flexibility index (Phi) is 6.08. The molecule has 0 radical (unpaired) electrons. The largest absolute Gasteiger partial charge is 0.419 e. The summed E-state index contributed by atoms with van der Waals surface area (Å²) in [5.74, 6) is -0.0949. The van der Waals surface area contributed by atoms with Gasteiger partial charge in [-0.05, 0) is 31.6 Å². The van der Waals surface area contributed by atoms with Gasteiger partial charge in [0.05, 0.1) is 5.56 Å². The second-order valence-electron chi connectivity index (χ2n) is 4.26. The fourth-order valence-corrected chi connectivity index (χ4v) is 1.85. The molecule has 0 atom stereocenters. The van der Waals surface area contributed by atoms with Crippen molar-refractivity contribution in [2.24, 2.45) is 0 Å². The van der Waals surface area contributed by atoms with Gasteiger partial charge in [-0.15, -0.1) is 0 Å². The van der Waals surface area contributed by atoms with Gasteiger partial charge in [0.25, 0.3) is 0 Å². The molecule has 0 bridgehead atoms. The average Bonchev–Trinajstić information content (AvgIpc) is 2.37. The summed E-state index contributed by atoms with van der Waals surface area (Å²) in [4.78, 5) is 5.95. The smallest absolute Gasteiger partial charge is 0.368 e. The van der Waals surface area contributed by atoms with Crippen molar-refractivity contribution in [1.82, 2.24) is 9.88 Å². The standard InChI is InChI=1S/C13H20F3N3/c1-3-9-19(4-2)10-8-18-12-11(13(14,15)16)6-5-7-17-12/h5-7H,3-4,8-10H2,1-2H3,(H,17,18). The minimum Gasteiger partial charge on any atom is -0.368 e. The number of hydrogen-bond donors (Lipinski definition) is 1. The van der Waals surface area contributed by atoms with Gasteiger partial charge in [-0.2, -0.15) is 13.2 Å². The third-order valence-corrected chi connectivity index (χ3v) is 2.82. The molecular weight excluding hydrogens is 255 g/mol. The Morgan fingerprint density at radius 1 is 1.26 bits per heavy atom. The highest BCUT2D eigenvalue weighted by atomic mass is 19.4. The Labute approximate surface area is 111 Å². The number of halogens is 3. The van der Waals surface area contributed by atoms with Gasteiger partial charge in [-0.3, -0.25) is 0 Å². The molecule has 1 aromatic rings. The molecule has 0 aromatic carbocycles. The summed E-state index contributed by atoms with van der Waals surface area (Å²) >= 11 is 0. The number of hydrogen-bond acceptors (Lipinski definition) is 3. The summed E-state index contributed by atoms with van der Waals surface area (Å²) in [5, 5.41) is 2.77. The normalized spacial score (nSPS) is 11.9. The molecule has 0 spiro atoms. The van der Waals surface area contributed by atoms with Crippen LogP contribution in [0.3, 0.4) is 0 Å². The molecule has 0 saturated heterocycles. The second-order valence-corrected chi connectivity index (χ2v) is 4.26. The summed E-state index contributed by atoms with van der Waals surface area (Å²) in [6.45, 7) is 7.12. The van der Waals surface area contributed by atoms with Crippen molar-refractivity contribution in [3.8, 4) is 0 Å². The third kappa shape index (κ3) is 5.06. The van der Waals surface area contributed by atoms with Crippen molar-refractivity contribution in [2.45, 2.75) is 26.4 Å². The van der Waals surface area contributed by atoms with E-state index >= 15 is 0 Å². The van der Waals surface area contributed by atoms with Gasteiger partial charge in [0.2, 0.25) is 0 Å². The molecule has 0 unspecified atom stereocenters. The van der Waals surface area contributed by atoms with E-state index in [4.69, 9.17) is 0 Å². The van der Waals surface area contributed by atoms with Crippen LogP contribution in [0.1, 0.15) is 25.8 Å². The predicted octanol–water partition coefficient (Wildman–Crippen LogP) is 3.24. The number of rotatable bonds is 7. The van der Waals surface area contributed by atoms with Crippen molar-refractivity contribution in [1.29, 1.82) is 0 Å². The fourth-order valence-electron chi connectivity index (χ4n) is 1.85. The number of likely N-dealkylation sites (N-methyl/N-ethyl adjacent to an activating group) is 1. The molecule has 0 aliphatic rings. The molecule has 0 aliphatic heterocycles. The number of alkyl halides is 3. The molecule has 1 N–H and O–H groups in total. The van der Waals surface area contributed by atoms with Gasteiger partial charge in [-0.25, -0.2) is 4.98 Å². The molecule has 0 fully saturated rings. The van der Waals surface area contributed by atoms with Crippen molar-refractivity contribution in [3.63, 3.8) is 0 Å². The maximum Gasteiger partial charge on any atom is 0.419 e. The van der Waals surface area contributed by atoms with Crippen LogP contribution >= 0.6 is 0 Å². The van der Waals surface area contributed by atoms with Crippen LogP contribution in [0.2, 0.25) is 0 Å². The zero-order valence-electron chi connectivity index (χ0n) is 11.3. The number of nitrogens with zero attached hydrogens (tertiary/aromatic N) is 2. The highest BCUT2D eigenvalue weighted by Gasteiger charge is 2.33. The highest BCUT2D eigenvalue weighted by Crippen LogP contribution is 2.33. The Hall–Kier alpha value is -1.30. The number of aromatic nitrogens is 1. The van der Waals surface area contributed by atoms with Crippen LogP contribution in [-0.4, -0.2) is 36.1 Å². The van der Waals surface area contributed by atoms with Crippen LogP contribution in [0.5, 0.6) is 0 Å². The average molecular weight is 275 g/mol. The fraction of sp³-hybridized carbons (Fsp3) is 0.615. The molecule has 1 rings (SSSR count). The minimum absolute atomic E-state index is 0.0949. The second kappa shape index (κ2) is 7.33. The molecule has 1 aromatic heterocycles. The number of pyridine rings is 1. The molecule has 3 nitrogen and oxygen atoms in total. The molecule has 0 amide bonds. The van der Waals surface area contributed by atoms with Crippen LogP contribution in [0.25, 0.3) is 0 Å². The Balaban J connectivity index is 2.58. The molecule has 6 heteroatoms. The Morgan fingerprint density at radius 2 is 2.00 bits per heavy atom. The summed E-state index contributed by atoms with van der Waals surface area (Å²) in [6.07, 6.45) is -1.98. The van der Waals surface area contributed by atoms with Crippen LogP contribution in [0.4, 0.5) is 19.0 Å². The zero-order chi connectivity index (χ0) is 14.3. The number of anilines is 1. The van der Waals surface area contributed by atoms with Crippen molar-refractivity contribution in [3.05, 3.63) is 23.9 Å². The SMILES string of the molecule is CCCN(CC)CCNc1ncccc1C(F)(F)F. The van der Waals surface area contributed by atoms with Crippen LogP contribution in [-0.2, 0) is 6.18 Å². The van der Waals surface area contributed by atoms with Crippen molar-refractivity contribution < 1.29 is 13.2 Å². The maximum atomic E-state index is 12.7. The first kappa shape index (κ1) is 15.8. The van der Waals surface area contributed by atoms with E-state index in [1.54, 1.807) is 0 Å². The Bertz CT molecular complexity index is 380. The molecule has 0 aliphatic carbocycles. The lowest BCUT2D eigenvalue weighted by Crippen LogP contribution is -2.30. The predicted molar refractivity (Wildman–Crippen MR) is 70.1 cm³/mol. The van der Waals surface area contributed by atoms with Crippen LogP contribution in [0, 0.1) is 0 Å². The lowest BCUT2D eigenvalue weighted by atomic mass is 10.2. The minimum atomic E-state index is -4.37. The van der Waals surface area contributed by atoms with E-state index in [0.29, 0.717) is 13.1 Å². The molecule has 0 saturated carbocycles. The van der Waals surface area contributed by atoms with Crippen LogP contribution < -0.4 is 5.32 Å². The first-order valence-electron chi connectivity index (χ1n) is 6.47. The summed E-state index contributed by atoms with van der Waals surface area (Å²) in [5.41, 5.74) is -0.714. The molecular formula is C13H20F3N3. The highest BCUT2D eigenvalue weighted by molar-refractivity contribution is 5.45. The van der Waals surface area contributed by atoms with E-state index in [2.05, 4.69) is 22.1 Å². The van der Waals surface area contributed by atoms with E-state index < -0.39 is 11.7 Å².